The molecule has 5 fully saturated rings. The van der Waals surface area contributed by atoms with Crippen LogP contribution in [0.5, 0.6) is 11.5 Å². The summed E-state index contributed by atoms with van der Waals surface area (Å²) in [5, 5.41) is 0. The third-order valence-electron chi connectivity index (χ3n) is 13.8. The van der Waals surface area contributed by atoms with Crippen LogP contribution in [0.15, 0.2) is 48.5 Å². The van der Waals surface area contributed by atoms with Crippen molar-refractivity contribution in [2.45, 2.75) is 116 Å². The van der Waals surface area contributed by atoms with Crippen molar-refractivity contribution in [2.24, 2.45) is 21.7 Å². The minimum absolute atomic E-state index is 0.344. The first-order valence-electron chi connectivity index (χ1n) is 16.8. The van der Waals surface area contributed by atoms with Gasteiger partial charge in [0.15, 0.2) is 0 Å². The zero-order chi connectivity index (χ0) is 34.1. The van der Waals surface area contributed by atoms with Crippen LogP contribution in [0.3, 0.4) is 0 Å². The number of carbonyl (C=O) groups is 4. The van der Waals surface area contributed by atoms with Crippen LogP contribution in [0.25, 0.3) is 0 Å². The molecule has 9 nitrogen and oxygen atoms in total. The Morgan fingerprint density at radius 2 is 0.936 bits per heavy atom. The molecular weight excluding hydrogens is 600 g/mol. The molecule has 0 N–H and O–H groups in total. The van der Waals surface area contributed by atoms with E-state index in [-0.39, 0.29) is 11.9 Å². The van der Waals surface area contributed by atoms with Crippen molar-refractivity contribution in [2.75, 3.05) is 0 Å². The molecule has 2 saturated carbocycles. The summed E-state index contributed by atoms with van der Waals surface area (Å²) in [4.78, 5) is 52.2. The van der Waals surface area contributed by atoms with Crippen LogP contribution in [0.1, 0.15) is 105 Å². The van der Waals surface area contributed by atoms with Gasteiger partial charge in [-0.05, 0) is 87.8 Å². The van der Waals surface area contributed by atoms with Crippen LogP contribution in [0, 0.1) is 21.7 Å². The van der Waals surface area contributed by atoms with Crippen molar-refractivity contribution >= 4 is 23.9 Å². The quantitative estimate of drug-likeness (QED) is 0.176. The van der Waals surface area contributed by atoms with E-state index in [9.17, 15) is 19.2 Å². The fourth-order valence-electron chi connectivity index (χ4n) is 9.35. The third kappa shape index (κ3) is 3.54. The monoisotopic (exact) mass is 644 g/mol. The first-order valence-corrected chi connectivity index (χ1v) is 16.8. The van der Waals surface area contributed by atoms with Gasteiger partial charge in [-0.1, -0.05) is 65.8 Å². The smallest absolute Gasteiger partial charge is 0.356 e. The molecule has 6 atom stereocenters. The molecule has 5 aliphatic rings. The Morgan fingerprint density at radius 1 is 0.596 bits per heavy atom. The Bertz CT molecular complexity index is 1580. The number of esters is 4. The maximum absolute atomic E-state index is 13.5. The van der Waals surface area contributed by atoms with E-state index in [0.29, 0.717) is 50.0 Å². The maximum Gasteiger partial charge on any atom is 0.356 e. The highest BCUT2D eigenvalue weighted by molar-refractivity contribution is 5.95. The summed E-state index contributed by atoms with van der Waals surface area (Å²) in [5.41, 5.74) is -4.70. The second-order valence-corrected chi connectivity index (χ2v) is 15.6. The Morgan fingerprint density at radius 3 is 1.19 bits per heavy atom. The third-order valence-corrected chi connectivity index (χ3v) is 13.8. The predicted octanol–water partition coefficient (Wildman–Crippen LogP) is 6.68. The predicted molar refractivity (Wildman–Crippen MR) is 169 cm³/mol. The molecule has 0 radical (unpaired) electrons. The van der Waals surface area contributed by atoms with Gasteiger partial charge in [-0.15, -0.1) is 0 Å². The molecule has 3 aliphatic heterocycles. The summed E-state index contributed by atoms with van der Waals surface area (Å²) in [6.45, 7) is 15.5. The second kappa shape index (κ2) is 9.46. The van der Waals surface area contributed by atoms with E-state index in [4.69, 9.17) is 23.7 Å². The Balaban J connectivity index is 1.07. The van der Waals surface area contributed by atoms with Crippen molar-refractivity contribution < 1.29 is 42.9 Å². The molecule has 0 amide bonds. The molecule has 4 bridgehead atoms. The summed E-state index contributed by atoms with van der Waals surface area (Å²) < 4.78 is 29.7. The van der Waals surface area contributed by atoms with Gasteiger partial charge < -0.3 is 23.7 Å². The van der Waals surface area contributed by atoms with Gasteiger partial charge in [0.05, 0.1) is 10.8 Å². The molecule has 0 spiro atoms. The number of benzene rings is 2. The van der Waals surface area contributed by atoms with Crippen molar-refractivity contribution in [3.8, 4) is 11.5 Å². The number of hydrogen-bond donors (Lipinski definition) is 0. The normalized spacial score (nSPS) is 38.6. The second-order valence-electron chi connectivity index (χ2n) is 15.6. The van der Waals surface area contributed by atoms with E-state index in [0.717, 1.165) is 11.1 Å². The highest BCUT2D eigenvalue weighted by Crippen LogP contribution is 2.68. The molecule has 2 aromatic rings. The molecular formula is C38H44O9. The van der Waals surface area contributed by atoms with E-state index in [1.54, 1.807) is 24.3 Å². The summed E-state index contributed by atoms with van der Waals surface area (Å²) >= 11 is 0. The lowest BCUT2D eigenvalue weighted by molar-refractivity contribution is -0.176. The largest absolute Gasteiger partial charge is 0.446 e. The summed E-state index contributed by atoms with van der Waals surface area (Å²) in [6, 6.07) is 14.7. The molecule has 3 saturated heterocycles. The van der Waals surface area contributed by atoms with Crippen molar-refractivity contribution in [1.29, 1.82) is 0 Å². The van der Waals surface area contributed by atoms with Gasteiger partial charge in [-0.3, -0.25) is 9.59 Å². The highest BCUT2D eigenvalue weighted by Gasteiger charge is 2.78. The van der Waals surface area contributed by atoms with E-state index in [1.165, 1.54) is 0 Å². The zero-order valence-electron chi connectivity index (χ0n) is 28.5. The van der Waals surface area contributed by atoms with Crippen LogP contribution in [-0.2, 0) is 44.6 Å². The SMILES string of the molecule is CC[C@@]1(c2ccc(OC(=O)[C@@]34CC[C@@](C)(C(=O)O3)C4(C)C)cc2)O[C@@]1(CC)c1ccc(OC(=O)[C@@]23CC[C@@](C)(C(=O)O2)C3(C)C)cc1. The van der Waals surface area contributed by atoms with Gasteiger partial charge in [0, 0.05) is 10.8 Å². The number of fused-ring (bicyclic) bond motifs is 4. The number of ether oxygens (including phenoxy) is 5. The fourth-order valence-corrected chi connectivity index (χ4v) is 9.35. The minimum Gasteiger partial charge on any atom is -0.446 e. The Hall–Kier alpha value is -3.72. The number of carbonyl (C=O) groups excluding carboxylic acids is 4. The lowest BCUT2D eigenvalue weighted by Gasteiger charge is -2.34. The Labute approximate surface area is 275 Å². The van der Waals surface area contributed by atoms with Crippen molar-refractivity contribution in [3.63, 3.8) is 0 Å². The Kier molecular flexibility index (Phi) is 6.41. The standard InChI is InChI=1S/C38H44O9/c1-9-35(23-11-15-25(16-12-23)43-29(41)37-21-19-33(7,27(39)45-37)31(37,3)4)36(10-2,47-35)24-13-17-26(18-14-24)44-30(42)38-22-20-34(8,28(40)46-38)32(38,5)6/h11-18H,9-10,19-22H2,1-8H3/t33-,34-,35-,36-,37+,38+/m0/s1. The molecule has 2 aromatic carbocycles. The van der Waals surface area contributed by atoms with Crippen LogP contribution < -0.4 is 9.47 Å². The van der Waals surface area contributed by atoms with Crippen LogP contribution in [0.2, 0.25) is 0 Å². The lowest BCUT2D eigenvalue weighted by Crippen LogP contribution is -2.50. The number of hydrogen-bond acceptors (Lipinski definition) is 9. The van der Waals surface area contributed by atoms with Gasteiger partial charge in [-0.25, -0.2) is 9.59 Å². The van der Waals surface area contributed by atoms with Gasteiger partial charge in [0.2, 0.25) is 11.2 Å². The first-order chi connectivity index (χ1) is 22.0. The highest BCUT2D eigenvalue weighted by atomic mass is 16.6. The first kappa shape index (κ1) is 31.9. The molecule has 2 aliphatic carbocycles. The molecule has 47 heavy (non-hydrogen) atoms. The van der Waals surface area contributed by atoms with Crippen LogP contribution >= 0.6 is 0 Å². The molecule has 0 unspecified atom stereocenters. The van der Waals surface area contributed by atoms with Crippen molar-refractivity contribution in [1.82, 2.24) is 0 Å². The summed E-state index contributed by atoms with van der Waals surface area (Å²) in [7, 11) is 0. The van der Waals surface area contributed by atoms with E-state index < -0.39 is 56.0 Å². The summed E-state index contributed by atoms with van der Waals surface area (Å²) in [6.07, 6.45) is 3.44. The minimum atomic E-state index is -1.30. The van der Waals surface area contributed by atoms with Crippen molar-refractivity contribution in [3.05, 3.63) is 59.7 Å². The van der Waals surface area contributed by atoms with E-state index >= 15 is 0 Å². The maximum atomic E-state index is 13.5. The molecule has 0 aromatic heterocycles. The molecule has 9 heteroatoms. The fraction of sp³-hybridized carbons (Fsp3) is 0.579. The van der Waals surface area contributed by atoms with Gasteiger partial charge >= 0.3 is 23.9 Å². The molecule has 3 heterocycles. The lowest BCUT2D eigenvalue weighted by atomic mass is 9.66. The topological polar surface area (TPSA) is 118 Å². The molecule has 250 valence electrons. The van der Waals surface area contributed by atoms with E-state index in [2.05, 4.69) is 13.8 Å². The zero-order valence-corrected chi connectivity index (χ0v) is 28.5. The average molecular weight is 645 g/mol. The summed E-state index contributed by atoms with van der Waals surface area (Å²) in [5.74, 6) is -1.03. The number of rotatable bonds is 8. The van der Waals surface area contributed by atoms with E-state index in [1.807, 2.05) is 65.8 Å². The van der Waals surface area contributed by atoms with Gasteiger partial charge in [0.25, 0.3) is 0 Å². The average Bonchev–Trinajstić information content (AvgIpc) is 3.52. The molecule has 7 rings (SSSR count). The van der Waals surface area contributed by atoms with Gasteiger partial charge in [0.1, 0.15) is 22.7 Å². The number of epoxide rings is 1. The van der Waals surface area contributed by atoms with Gasteiger partial charge in [-0.2, -0.15) is 0 Å². The van der Waals surface area contributed by atoms with Crippen LogP contribution in [0.4, 0.5) is 0 Å². The van der Waals surface area contributed by atoms with Crippen LogP contribution in [-0.4, -0.2) is 35.1 Å².